The minimum Gasteiger partial charge on any atom is -0.454 e. The van der Waals surface area contributed by atoms with E-state index in [1.165, 1.54) is 0 Å². The maximum Gasteiger partial charge on any atom is 0.231 e. The summed E-state index contributed by atoms with van der Waals surface area (Å²) >= 11 is 6.22. The molecule has 0 fully saturated rings. The molecular formula is C11H14ClNO3. The Bertz CT molecular complexity index is 409. The van der Waals surface area contributed by atoms with E-state index in [9.17, 15) is 0 Å². The Kier molecular flexibility index (Phi) is 3.23. The van der Waals surface area contributed by atoms with Crippen LogP contribution in [0.4, 0.5) is 0 Å². The molecule has 88 valence electrons. The van der Waals surface area contributed by atoms with Gasteiger partial charge in [-0.3, -0.25) is 0 Å². The normalized spacial score (nSPS) is 15.2. The first-order valence-corrected chi connectivity index (χ1v) is 5.48. The fourth-order valence-electron chi connectivity index (χ4n) is 1.88. The third-order valence-corrected chi connectivity index (χ3v) is 3.04. The highest BCUT2D eigenvalue weighted by molar-refractivity contribution is 6.33. The molecule has 1 unspecified atom stereocenters. The lowest BCUT2D eigenvalue weighted by molar-refractivity contribution is 0.174. The molecule has 1 aromatic carbocycles. The summed E-state index contributed by atoms with van der Waals surface area (Å²) < 4.78 is 10.5. The van der Waals surface area contributed by atoms with Crippen molar-refractivity contribution < 1.29 is 14.6 Å². The summed E-state index contributed by atoms with van der Waals surface area (Å²) in [6, 6.07) is 1.58. The molecule has 1 aromatic rings. The van der Waals surface area contributed by atoms with Gasteiger partial charge in [0.05, 0.1) is 5.02 Å². The molecule has 4 nitrogen and oxygen atoms in total. The second-order valence-corrected chi connectivity index (χ2v) is 4.15. The number of hydrogen-bond acceptors (Lipinski definition) is 4. The molecule has 1 atom stereocenters. The number of nitrogens with two attached hydrogens (primary N) is 1. The number of aliphatic hydroxyl groups excluding tert-OH is 1. The molecule has 0 radical (unpaired) electrons. The lowest BCUT2D eigenvalue weighted by atomic mass is 9.99. The van der Waals surface area contributed by atoms with Gasteiger partial charge < -0.3 is 20.3 Å². The van der Waals surface area contributed by atoms with Crippen LogP contribution in [0, 0.1) is 6.92 Å². The van der Waals surface area contributed by atoms with E-state index in [1.54, 1.807) is 0 Å². The number of aliphatic hydroxyl groups is 1. The second kappa shape index (κ2) is 4.49. The average molecular weight is 244 g/mol. The zero-order valence-electron chi connectivity index (χ0n) is 9.00. The predicted molar refractivity (Wildman–Crippen MR) is 60.9 cm³/mol. The fourth-order valence-corrected chi connectivity index (χ4v) is 2.31. The summed E-state index contributed by atoms with van der Waals surface area (Å²) in [5.41, 5.74) is 7.73. The Hall–Kier alpha value is -0.970. The highest BCUT2D eigenvalue weighted by Crippen LogP contribution is 2.44. The lowest BCUT2D eigenvalue weighted by Gasteiger charge is -2.16. The van der Waals surface area contributed by atoms with E-state index in [0.29, 0.717) is 22.9 Å². The topological polar surface area (TPSA) is 64.7 Å². The van der Waals surface area contributed by atoms with Crippen molar-refractivity contribution in [2.75, 3.05) is 13.4 Å². The van der Waals surface area contributed by atoms with E-state index in [-0.39, 0.29) is 19.4 Å². The Balaban J connectivity index is 2.45. The van der Waals surface area contributed by atoms with Crippen LogP contribution in [0.1, 0.15) is 23.6 Å². The third-order valence-electron chi connectivity index (χ3n) is 2.66. The van der Waals surface area contributed by atoms with E-state index in [1.807, 2.05) is 13.0 Å². The Labute approximate surface area is 98.9 Å². The lowest BCUT2D eigenvalue weighted by Crippen LogP contribution is -2.14. The molecule has 0 amide bonds. The summed E-state index contributed by atoms with van der Waals surface area (Å²) in [6.45, 7) is 2.14. The molecule has 1 aliphatic rings. The quantitative estimate of drug-likeness (QED) is 0.849. The molecule has 5 heteroatoms. The van der Waals surface area contributed by atoms with Crippen LogP contribution < -0.4 is 15.2 Å². The average Bonchev–Trinajstić information content (AvgIpc) is 2.66. The van der Waals surface area contributed by atoms with Crippen LogP contribution in [-0.2, 0) is 0 Å². The number of hydrogen-bond donors (Lipinski definition) is 2. The number of fused-ring (bicyclic) bond motifs is 1. The van der Waals surface area contributed by atoms with Crippen molar-refractivity contribution in [1.29, 1.82) is 0 Å². The zero-order chi connectivity index (χ0) is 11.7. The summed E-state index contributed by atoms with van der Waals surface area (Å²) in [4.78, 5) is 0. The number of benzene rings is 1. The molecule has 1 aliphatic heterocycles. The van der Waals surface area contributed by atoms with Crippen molar-refractivity contribution >= 4 is 11.6 Å². The van der Waals surface area contributed by atoms with Gasteiger partial charge in [-0.1, -0.05) is 11.6 Å². The van der Waals surface area contributed by atoms with Gasteiger partial charge in [0, 0.05) is 12.6 Å². The summed E-state index contributed by atoms with van der Waals surface area (Å²) in [5, 5.41) is 9.39. The molecule has 0 spiro atoms. The second-order valence-electron chi connectivity index (χ2n) is 3.77. The number of halogens is 1. The molecule has 1 heterocycles. The Morgan fingerprint density at radius 3 is 3.00 bits per heavy atom. The van der Waals surface area contributed by atoms with Crippen molar-refractivity contribution in [3.63, 3.8) is 0 Å². The molecule has 2 rings (SSSR count). The van der Waals surface area contributed by atoms with Gasteiger partial charge in [0.2, 0.25) is 6.79 Å². The van der Waals surface area contributed by atoms with Crippen LogP contribution >= 0.6 is 11.6 Å². The molecule has 0 bridgehead atoms. The van der Waals surface area contributed by atoms with Crippen molar-refractivity contribution in [3.05, 3.63) is 22.2 Å². The van der Waals surface area contributed by atoms with Gasteiger partial charge in [-0.25, -0.2) is 0 Å². The van der Waals surface area contributed by atoms with E-state index >= 15 is 0 Å². The van der Waals surface area contributed by atoms with E-state index in [0.717, 1.165) is 11.1 Å². The van der Waals surface area contributed by atoms with Gasteiger partial charge >= 0.3 is 0 Å². The summed E-state index contributed by atoms with van der Waals surface area (Å²) in [7, 11) is 0. The fraction of sp³-hybridized carbons (Fsp3) is 0.455. The first-order valence-electron chi connectivity index (χ1n) is 5.10. The molecule has 0 saturated carbocycles. The smallest absolute Gasteiger partial charge is 0.231 e. The molecule has 0 aromatic heterocycles. The number of aryl methyl sites for hydroxylation is 1. The van der Waals surface area contributed by atoms with Crippen LogP contribution in [0.25, 0.3) is 0 Å². The van der Waals surface area contributed by atoms with Crippen LogP contribution in [0.3, 0.4) is 0 Å². The van der Waals surface area contributed by atoms with Crippen molar-refractivity contribution in [2.24, 2.45) is 5.73 Å². The maximum absolute atomic E-state index is 8.89. The minimum absolute atomic E-state index is 0.0331. The first kappa shape index (κ1) is 11.5. The maximum atomic E-state index is 8.89. The van der Waals surface area contributed by atoms with Crippen LogP contribution in [-0.4, -0.2) is 18.5 Å². The Morgan fingerprint density at radius 1 is 1.56 bits per heavy atom. The van der Waals surface area contributed by atoms with Crippen molar-refractivity contribution in [2.45, 2.75) is 19.4 Å². The predicted octanol–water partition coefficient (Wildman–Crippen LogP) is 1.76. The van der Waals surface area contributed by atoms with Crippen LogP contribution in [0.15, 0.2) is 6.07 Å². The number of rotatable bonds is 3. The monoisotopic (exact) mass is 243 g/mol. The highest BCUT2D eigenvalue weighted by atomic mass is 35.5. The molecule has 0 saturated heterocycles. The summed E-state index contributed by atoms with van der Waals surface area (Å²) in [6.07, 6.45) is 0.472. The zero-order valence-corrected chi connectivity index (χ0v) is 9.75. The summed E-state index contributed by atoms with van der Waals surface area (Å²) in [5.74, 6) is 1.21. The van der Waals surface area contributed by atoms with Gasteiger partial charge in [-0.2, -0.15) is 0 Å². The molecule has 3 N–H and O–H groups in total. The van der Waals surface area contributed by atoms with Crippen molar-refractivity contribution in [3.8, 4) is 11.5 Å². The largest absolute Gasteiger partial charge is 0.454 e. The molecule has 0 aliphatic carbocycles. The van der Waals surface area contributed by atoms with Crippen LogP contribution in [0.2, 0.25) is 5.02 Å². The van der Waals surface area contributed by atoms with Crippen molar-refractivity contribution in [1.82, 2.24) is 0 Å². The van der Waals surface area contributed by atoms with Gasteiger partial charge in [-0.15, -0.1) is 0 Å². The Morgan fingerprint density at radius 2 is 2.31 bits per heavy atom. The van der Waals surface area contributed by atoms with E-state index < -0.39 is 0 Å². The van der Waals surface area contributed by atoms with E-state index in [2.05, 4.69) is 0 Å². The van der Waals surface area contributed by atoms with Gasteiger partial charge in [0.25, 0.3) is 0 Å². The molecular weight excluding hydrogens is 230 g/mol. The third kappa shape index (κ3) is 1.84. The van der Waals surface area contributed by atoms with Gasteiger partial charge in [-0.05, 0) is 30.5 Å². The number of ether oxygens (including phenoxy) is 2. The van der Waals surface area contributed by atoms with Gasteiger partial charge in [0.15, 0.2) is 11.5 Å². The van der Waals surface area contributed by atoms with Gasteiger partial charge in [0.1, 0.15) is 0 Å². The highest BCUT2D eigenvalue weighted by Gasteiger charge is 2.24. The van der Waals surface area contributed by atoms with E-state index in [4.69, 9.17) is 31.9 Å². The minimum atomic E-state index is -0.285. The first-order chi connectivity index (χ1) is 7.65. The standard InChI is InChI=1S/C11H14ClNO3/c1-6-4-8-11(16-5-15-8)10(12)9(6)7(13)2-3-14/h4,7,14H,2-3,5,13H2,1H3. The molecule has 16 heavy (non-hydrogen) atoms. The SMILES string of the molecule is Cc1cc2c(c(Cl)c1C(N)CCO)OCO2. The van der Waals surface area contributed by atoms with Crippen LogP contribution in [0.5, 0.6) is 11.5 Å².